The molecule has 1 aromatic rings. The number of aryl methyl sites for hydroxylation is 1. The highest BCUT2D eigenvalue weighted by Gasteiger charge is 2.10. The number of thiocyanates is 1. The number of hydrogen-bond acceptors (Lipinski definition) is 3. The zero-order valence-corrected chi connectivity index (χ0v) is 10.3. The van der Waals surface area contributed by atoms with Crippen molar-refractivity contribution in [3.05, 3.63) is 21.9 Å². The SMILES string of the molecule is CCC(CCSC#N)c1ccc(C)s1. The Hall–Kier alpha value is -0.460. The smallest absolute Gasteiger partial charge is 0.133 e. The first-order valence-electron chi connectivity index (χ1n) is 4.85. The molecule has 1 heterocycles. The van der Waals surface area contributed by atoms with E-state index in [-0.39, 0.29) is 0 Å². The second-order valence-corrected chi connectivity index (χ2v) is 5.48. The second-order valence-electron chi connectivity index (χ2n) is 3.28. The number of thiophene rings is 1. The van der Waals surface area contributed by atoms with Crippen LogP contribution in [0.1, 0.15) is 35.4 Å². The first kappa shape index (κ1) is 11.6. The minimum Gasteiger partial charge on any atom is -0.185 e. The molecule has 0 bridgehead atoms. The van der Waals surface area contributed by atoms with Gasteiger partial charge in [0.25, 0.3) is 0 Å². The molecule has 0 aliphatic heterocycles. The molecular weight excluding hydrogens is 210 g/mol. The van der Waals surface area contributed by atoms with Gasteiger partial charge in [-0.3, -0.25) is 0 Å². The number of thioether (sulfide) groups is 1. The van der Waals surface area contributed by atoms with Crippen LogP contribution in [0, 0.1) is 17.6 Å². The highest BCUT2D eigenvalue weighted by atomic mass is 32.2. The van der Waals surface area contributed by atoms with Crippen molar-refractivity contribution >= 4 is 23.1 Å². The number of nitrogens with zero attached hydrogens (tertiary/aromatic N) is 1. The fraction of sp³-hybridized carbons (Fsp3) is 0.545. The summed E-state index contributed by atoms with van der Waals surface area (Å²) in [5.41, 5.74) is 0. The molecule has 1 atom stereocenters. The topological polar surface area (TPSA) is 23.8 Å². The van der Waals surface area contributed by atoms with Gasteiger partial charge >= 0.3 is 0 Å². The fourth-order valence-electron chi connectivity index (χ4n) is 1.47. The van der Waals surface area contributed by atoms with Crippen LogP contribution in [0.3, 0.4) is 0 Å². The van der Waals surface area contributed by atoms with E-state index in [1.165, 1.54) is 27.9 Å². The van der Waals surface area contributed by atoms with Gasteiger partial charge in [0.15, 0.2) is 0 Å². The van der Waals surface area contributed by atoms with Crippen molar-refractivity contribution in [3.8, 4) is 5.40 Å². The Bertz CT molecular complexity index is 311. The molecule has 0 aromatic carbocycles. The van der Waals surface area contributed by atoms with E-state index in [2.05, 4.69) is 31.4 Å². The summed E-state index contributed by atoms with van der Waals surface area (Å²) in [7, 11) is 0. The predicted molar refractivity (Wildman–Crippen MR) is 64.8 cm³/mol. The molecule has 0 aliphatic carbocycles. The van der Waals surface area contributed by atoms with Crippen LogP contribution in [0.2, 0.25) is 0 Å². The van der Waals surface area contributed by atoms with Crippen molar-refractivity contribution < 1.29 is 0 Å². The van der Waals surface area contributed by atoms with E-state index in [1.807, 2.05) is 11.3 Å². The number of rotatable bonds is 5. The Kier molecular flexibility index (Phi) is 5.06. The second kappa shape index (κ2) is 6.10. The lowest BCUT2D eigenvalue weighted by molar-refractivity contribution is 0.659. The molecule has 1 nitrogen and oxygen atoms in total. The van der Waals surface area contributed by atoms with Gasteiger partial charge in [0.05, 0.1) is 0 Å². The third-order valence-corrected chi connectivity index (χ3v) is 4.02. The van der Waals surface area contributed by atoms with Crippen LogP contribution in [0.5, 0.6) is 0 Å². The molecule has 1 unspecified atom stereocenters. The molecule has 3 heteroatoms. The Balaban J connectivity index is 2.50. The predicted octanol–water partition coefficient (Wildman–Crippen LogP) is 4.15. The maximum Gasteiger partial charge on any atom is 0.133 e. The number of nitriles is 1. The van der Waals surface area contributed by atoms with Gasteiger partial charge in [-0.05, 0) is 49.6 Å². The molecule has 0 N–H and O–H groups in total. The standard InChI is InChI=1S/C11H15NS2/c1-3-10(6-7-13-8-12)11-5-4-9(2)14-11/h4-5,10H,3,6-7H2,1-2H3. The van der Waals surface area contributed by atoms with E-state index in [1.54, 1.807) is 0 Å². The Morgan fingerprint density at radius 1 is 1.57 bits per heavy atom. The molecule has 0 saturated heterocycles. The molecular formula is C11H15NS2. The minimum atomic E-state index is 0.648. The van der Waals surface area contributed by atoms with Crippen molar-refractivity contribution in [2.75, 3.05) is 5.75 Å². The monoisotopic (exact) mass is 225 g/mol. The van der Waals surface area contributed by atoms with Crippen LogP contribution in [0.4, 0.5) is 0 Å². The van der Waals surface area contributed by atoms with E-state index >= 15 is 0 Å². The quantitative estimate of drug-likeness (QED) is 0.555. The maximum absolute atomic E-state index is 8.44. The summed E-state index contributed by atoms with van der Waals surface area (Å²) in [5.74, 6) is 1.60. The van der Waals surface area contributed by atoms with Gasteiger partial charge in [0, 0.05) is 15.5 Å². The van der Waals surface area contributed by atoms with E-state index in [9.17, 15) is 0 Å². The highest BCUT2D eigenvalue weighted by molar-refractivity contribution is 8.03. The highest BCUT2D eigenvalue weighted by Crippen LogP contribution is 2.30. The van der Waals surface area contributed by atoms with Crippen molar-refractivity contribution in [2.45, 2.75) is 32.6 Å². The molecule has 0 spiro atoms. The van der Waals surface area contributed by atoms with Crippen molar-refractivity contribution in [1.82, 2.24) is 0 Å². The number of hydrogen-bond donors (Lipinski definition) is 0. The van der Waals surface area contributed by atoms with Crippen LogP contribution < -0.4 is 0 Å². The maximum atomic E-state index is 8.44. The molecule has 0 aliphatic rings. The van der Waals surface area contributed by atoms with Gasteiger partial charge < -0.3 is 0 Å². The van der Waals surface area contributed by atoms with Crippen LogP contribution >= 0.6 is 23.1 Å². The molecule has 1 aromatic heterocycles. The third kappa shape index (κ3) is 3.36. The zero-order chi connectivity index (χ0) is 10.4. The summed E-state index contributed by atoms with van der Waals surface area (Å²) < 4.78 is 0. The van der Waals surface area contributed by atoms with Crippen LogP contribution in [0.15, 0.2) is 12.1 Å². The Labute approximate surface area is 94.1 Å². The van der Waals surface area contributed by atoms with E-state index < -0.39 is 0 Å². The average Bonchev–Trinajstić information content (AvgIpc) is 2.60. The van der Waals surface area contributed by atoms with Crippen molar-refractivity contribution in [3.63, 3.8) is 0 Å². The Morgan fingerprint density at radius 3 is 2.86 bits per heavy atom. The van der Waals surface area contributed by atoms with Crippen LogP contribution in [-0.2, 0) is 0 Å². The Morgan fingerprint density at radius 2 is 2.36 bits per heavy atom. The summed E-state index contributed by atoms with van der Waals surface area (Å²) in [6, 6.07) is 4.41. The molecule has 0 saturated carbocycles. The molecule has 76 valence electrons. The van der Waals surface area contributed by atoms with Gasteiger partial charge in [-0.15, -0.1) is 11.3 Å². The fourth-order valence-corrected chi connectivity index (χ4v) is 3.06. The van der Waals surface area contributed by atoms with E-state index in [0.717, 1.165) is 12.2 Å². The van der Waals surface area contributed by atoms with Gasteiger partial charge in [0.1, 0.15) is 5.40 Å². The lowest BCUT2D eigenvalue weighted by atomic mass is 10.0. The first-order chi connectivity index (χ1) is 6.77. The zero-order valence-electron chi connectivity index (χ0n) is 8.62. The lowest BCUT2D eigenvalue weighted by Crippen LogP contribution is -1.95. The van der Waals surface area contributed by atoms with Crippen molar-refractivity contribution in [1.29, 1.82) is 5.26 Å². The van der Waals surface area contributed by atoms with E-state index in [4.69, 9.17) is 5.26 Å². The van der Waals surface area contributed by atoms with Gasteiger partial charge in [-0.2, -0.15) is 5.26 Å². The molecule has 0 amide bonds. The van der Waals surface area contributed by atoms with Gasteiger partial charge in [-0.1, -0.05) is 6.92 Å². The van der Waals surface area contributed by atoms with Gasteiger partial charge in [0.2, 0.25) is 0 Å². The molecule has 1 rings (SSSR count). The minimum absolute atomic E-state index is 0.648. The summed E-state index contributed by atoms with van der Waals surface area (Å²) >= 11 is 3.25. The average molecular weight is 225 g/mol. The van der Waals surface area contributed by atoms with Crippen molar-refractivity contribution in [2.24, 2.45) is 0 Å². The lowest BCUT2D eigenvalue weighted by Gasteiger charge is -2.10. The summed E-state index contributed by atoms with van der Waals surface area (Å²) in [6.07, 6.45) is 2.29. The molecule has 0 radical (unpaired) electrons. The first-order valence-corrected chi connectivity index (χ1v) is 6.65. The van der Waals surface area contributed by atoms with Crippen LogP contribution in [-0.4, -0.2) is 5.75 Å². The largest absolute Gasteiger partial charge is 0.185 e. The summed E-state index contributed by atoms with van der Waals surface area (Å²) in [6.45, 7) is 4.36. The molecule has 14 heavy (non-hydrogen) atoms. The normalized spacial score (nSPS) is 12.4. The van der Waals surface area contributed by atoms with Crippen LogP contribution in [0.25, 0.3) is 0 Å². The third-order valence-electron chi connectivity index (χ3n) is 2.29. The molecule has 0 fully saturated rings. The van der Waals surface area contributed by atoms with Gasteiger partial charge in [-0.25, -0.2) is 0 Å². The summed E-state index contributed by atoms with van der Waals surface area (Å²) in [4.78, 5) is 2.86. The summed E-state index contributed by atoms with van der Waals surface area (Å²) in [5, 5.41) is 10.6. The van der Waals surface area contributed by atoms with E-state index in [0.29, 0.717) is 5.92 Å².